The number of hydrogen-bond donors (Lipinski definition) is 3. The molecule has 6 unspecified atom stereocenters. The van der Waals surface area contributed by atoms with Crippen molar-refractivity contribution >= 4 is 23.9 Å². The predicted molar refractivity (Wildman–Crippen MR) is 266 cm³/mol. The van der Waals surface area contributed by atoms with Crippen molar-refractivity contribution in [1.29, 1.82) is 0 Å². The van der Waals surface area contributed by atoms with Crippen LogP contribution in [0.15, 0.2) is 24.3 Å². The van der Waals surface area contributed by atoms with Gasteiger partial charge in [0.15, 0.2) is 24.6 Å². The third-order valence-electron chi connectivity index (χ3n) is 12.5. The molecule has 1 aliphatic rings. The van der Waals surface area contributed by atoms with E-state index in [1.54, 1.807) is 0 Å². The summed E-state index contributed by atoms with van der Waals surface area (Å²) in [6.45, 7) is 5.92. The van der Waals surface area contributed by atoms with Gasteiger partial charge < -0.3 is 39.0 Å². The third-order valence-corrected chi connectivity index (χ3v) is 12.5. The van der Waals surface area contributed by atoms with E-state index >= 15 is 0 Å². The van der Waals surface area contributed by atoms with Gasteiger partial charge >= 0.3 is 23.9 Å². The Morgan fingerprint density at radius 2 is 0.896 bits per heavy atom. The number of aliphatic hydroxyl groups excluding tert-OH is 2. The molecule has 12 nitrogen and oxygen atoms in total. The van der Waals surface area contributed by atoms with Crippen LogP contribution in [-0.4, -0.2) is 89.2 Å². The predicted octanol–water partition coefficient (Wildman–Crippen LogP) is 13.1. The van der Waals surface area contributed by atoms with Gasteiger partial charge in [0, 0.05) is 19.3 Å². The van der Waals surface area contributed by atoms with E-state index in [1.165, 1.54) is 103 Å². The molecule has 3 N–H and O–H groups in total. The van der Waals surface area contributed by atoms with Crippen LogP contribution in [0.3, 0.4) is 0 Å². The van der Waals surface area contributed by atoms with E-state index < -0.39 is 67.3 Å². The molecule has 1 saturated heterocycles. The van der Waals surface area contributed by atoms with Crippen LogP contribution in [-0.2, 0) is 42.9 Å². The lowest BCUT2D eigenvalue weighted by molar-refractivity contribution is -0.301. The highest BCUT2D eigenvalue weighted by atomic mass is 16.7. The topological polar surface area (TPSA) is 175 Å². The van der Waals surface area contributed by atoms with E-state index in [2.05, 4.69) is 45.1 Å². The maximum atomic E-state index is 13.0. The van der Waals surface area contributed by atoms with Gasteiger partial charge in [-0.05, 0) is 51.4 Å². The summed E-state index contributed by atoms with van der Waals surface area (Å²) >= 11 is 0. The Hall–Kier alpha value is -2.80. The Balaban J connectivity index is 2.69. The Kier molecular flexibility index (Phi) is 41.2. The first-order chi connectivity index (χ1) is 32.6. The largest absolute Gasteiger partial charge is 0.479 e. The smallest absolute Gasteiger partial charge is 0.335 e. The highest BCUT2D eigenvalue weighted by Crippen LogP contribution is 2.26. The van der Waals surface area contributed by atoms with Crippen LogP contribution in [0.4, 0.5) is 0 Å². The normalized spacial score (nSPS) is 19.0. The Morgan fingerprint density at radius 3 is 1.37 bits per heavy atom. The van der Waals surface area contributed by atoms with Gasteiger partial charge in [-0.25, -0.2) is 4.79 Å². The molecule has 390 valence electrons. The van der Waals surface area contributed by atoms with Crippen LogP contribution in [0.2, 0.25) is 0 Å². The van der Waals surface area contributed by atoms with Crippen molar-refractivity contribution in [3.8, 4) is 0 Å². The quantitative estimate of drug-likeness (QED) is 0.0228. The van der Waals surface area contributed by atoms with Crippen molar-refractivity contribution < 1.29 is 58.2 Å². The third kappa shape index (κ3) is 35.0. The summed E-state index contributed by atoms with van der Waals surface area (Å²) in [4.78, 5) is 50.8. The molecule has 0 aromatic heterocycles. The fraction of sp³-hybridized carbons (Fsp3) is 0.855. The van der Waals surface area contributed by atoms with Gasteiger partial charge in [0.1, 0.15) is 18.8 Å². The summed E-state index contributed by atoms with van der Waals surface area (Å²) in [6.07, 6.45) is 36.0. The number of unbranched alkanes of at least 4 members (excludes halogenated alkanes) is 28. The molecule has 1 aliphatic heterocycles. The number of allylic oxidation sites excluding steroid dienone is 4. The van der Waals surface area contributed by atoms with Gasteiger partial charge in [-0.15, -0.1) is 0 Å². The second-order valence-electron chi connectivity index (χ2n) is 18.9. The fourth-order valence-electron chi connectivity index (χ4n) is 8.28. The van der Waals surface area contributed by atoms with Gasteiger partial charge in [-0.2, -0.15) is 0 Å². The zero-order valence-electron chi connectivity index (χ0n) is 42.7. The molecular formula is C55H98O12. The standard InChI is InChI=1S/C55H98O12/c1-4-7-10-13-16-19-21-23-24-26-27-30-32-35-38-41-47(56)63-44-46(65-48(57)42-39-36-33-29-18-15-12-9-6-3)45-64-55-53(51(60)50(59)52(67-55)54(61)62)66-49(58)43-40-37-34-31-28-25-22-20-17-14-11-8-5-2/h16,19,23-24,46,50-53,55,59-60H,4-15,17-18,20-22,25-45H2,1-3H3,(H,61,62)/b19-16-,24-23-. The molecule has 0 radical (unpaired) electrons. The highest BCUT2D eigenvalue weighted by molar-refractivity contribution is 5.74. The molecule has 0 saturated carbocycles. The van der Waals surface area contributed by atoms with Crippen LogP contribution < -0.4 is 0 Å². The van der Waals surface area contributed by atoms with Crippen LogP contribution in [0.1, 0.15) is 252 Å². The molecule has 67 heavy (non-hydrogen) atoms. The SMILES string of the molecule is CCCCC/C=C\C/C=C\CCCCCCCC(=O)OCC(COC1OC(C(=O)O)C(O)C(O)C1OC(=O)CCCCCCCCCCCCCCC)OC(=O)CCCCCCCCCCC. The van der Waals surface area contributed by atoms with Gasteiger partial charge in [0.2, 0.25) is 0 Å². The minimum absolute atomic E-state index is 0.0654. The number of carbonyl (C=O) groups excluding carboxylic acids is 3. The second kappa shape index (κ2) is 44.4. The lowest BCUT2D eigenvalue weighted by Gasteiger charge is -2.40. The summed E-state index contributed by atoms with van der Waals surface area (Å²) in [5.41, 5.74) is 0. The maximum absolute atomic E-state index is 13.0. The van der Waals surface area contributed by atoms with Crippen LogP contribution in [0.5, 0.6) is 0 Å². The summed E-state index contributed by atoms with van der Waals surface area (Å²) in [6, 6.07) is 0. The van der Waals surface area contributed by atoms with E-state index in [1.807, 2.05) is 0 Å². The molecule has 0 amide bonds. The average Bonchev–Trinajstić information content (AvgIpc) is 3.31. The van der Waals surface area contributed by atoms with Crippen molar-refractivity contribution in [2.75, 3.05) is 13.2 Å². The average molecular weight is 951 g/mol. The molecule has 1 heterocycles. The fourth-order valence-corrected chi connectivity index (χ4v) is 8.28. The molecule has 0 bridgehead atoms. The first kappa shape index (κ1) is 62.2. The number of rotatable bonds is 46. The van der Waals surface area contributed by atoms with Gasteiger partial charge in [0.25, 0.3) is 0 Å². The molecular weight excluding hydrogens is 853 g/mol. The number of ether oxygens (including phenoxy) is 5. The van der Waals surface area contributed by atoms with E-state index in [4.69, 9.17) is 23.7 Å². The summed E-state index contributed by atoms with van der Waals surface area (Å²) in [5, 5.41) is 31.3. The first-order valence-corrected chi connectivity index (χ1v) is 27.3. The molecule has 1 rings (SSSR count). The van der Waals surface area contributed by atoms with Crippen molar-refractivity contribution in [3.05, 3.63) is 24.3 Å². The molecule has 0 spiro atoms. The number of aliphatic hydroxyl groups is 2. The highest BCUT2D eigenvalue weighted by Gasteiger charge is 2.50. The minimum Gasteiger partial charge on any atom is -0.479 e. The summed E-state index contributed by atoms with van der Waals surface area (Å²) in [5.74, 6) is -3.12. The van der Waals surface area contributed by atoms with E-state index in [0.717, 1.165) is 89.9 Å². The second-order valence-corrected chi connectivity index (χ2v) is 18.9. The number of esters is 3. The molecule has 0 aliphatic carbocycles. The summed E-state index contributed by atoms with van der Waals surface area (Å²) < 4.78 is 28.3. The van der Waals surface area contributed by atoms with Crippen molar-refractivity contribution in [2.45, 2.75) is 289 Å². The molecule has 6 atom stereocenters. The van der Waals surface area contributed by atoms with Gasteiger partial charge in [-0.1, -0.05) is 206 Å². The molecule has 0 aromatic carbocycles. The summed E-state index contributed by atoms with van der Waals surface area (Å²) in [7, 11) is 0. The zero-order chi connectivity index (χ0) is 49.0. The first-order valence-electron chi connectivity index (χ1n) is 27.3. The minimum atomic E-state index is -1.90. The Bertz CT molecular complexity index is 1270. The van der Waals surface area contributed by atoms with Crippen molar-refractivity contribution in [2.24, 2.45) is 0 Å². The van der Waals surface area contributed by atoms with Crippen LogP contribution >= 0.6 is 0 Å². The van der Waals surface area contributed by atoms with Crippen LogP contribution in [0.25, 0.3) is 0 Å². The van der Waals surface area contributed by atoms with Gasteiger partial charge in [0.05, 0.1) is 6.61 Å². The number of aliphatic carboxylic acids is 1. The van der Waals surface area contributed by atoms with E-state index in [-0.39, 0.29) is 25.9 Å². The monoisotopic (exact) mass is 951 g/mol. The Morgan fingerprint density at radius 1 is 0.493 bits per heavy atom. The number of hydrogen-bond acceptors (Lipinski definition) is 11. The van der Waals surface area contributed by atoms with E-state index in [9.17, 15) is 34.5 Å². The maximum Gasteiger partial charge on any atom is 0.335 e. The number of carboxylic acids is 1. The number of carbonyl (C=O) groups is 4. The van der Waals surface area contributed by atoms with E-state index in [0.29, 0.717) is 19.3 Å². The van der Waals surface area contributed by atoms with Gasteiger partial charge in [-0.3, -0.25) is 14.4 Å². The lowest BCUT2D eigenvalue weighted by atomic mass is 9.98. The molecule has 0 aromatic rings. The van der Waals surface area contributed by atoms with Crippen LogP contribution in [0, 0.1) is 0 Å². The lowest BCUT2D eigenvalue weighted by Crippen LogP contribution is -2.61. The van der Waals surface area contributed by atoms with Crippen molar-refractivity contribution in [3.63, 3.8) is 0 Å². The number of carboxylic acid groups (broad SMARTS) is 1. The Labute approximate surface area is 407 Å². The van der Waals surface area contributed by atoms with Crippen molar-refractivity contribution in [1.82, 2.24) is 0 Å². The zero-order valence-corrected chi connectivity index (χ0v) is 42.7. The molecule has 12 heteroatoms. The molecule has 1 fully saturated rings.